The van der Waals surface area contributed by atoms with Crippen molar-refractivity contribution in [1.82, 2.24) is 10.6 Å². The molecule has 0 heterocycles. The second-order valence-corrected chi connectivity index (χ2v) is 9.64. The number of hydrogen-bond acceptors (Lipinski definition) is 7. The monoisotopic (exact) mass is 580 g/mol. The number of rotatable bonds is 12. The van der Waals surface area contributed by atoms with E-state index in [4.69, 9.17) is 14.2 Å². The first-order valence-electron chi connectivity index (χ1n) is 13.7. The summed E-state index contributed by atoms with van der Waals surface area (Å²) in [5.74, 6) is -1.99. The van der Waals surface area contributed by atoms with Gasteiger partial charge in [-0.1, -0.05) is 121 Å². The molecule has 220 valence electrons. The lowest BCUT2D eigenvalue weighted by atomic mass is 10.1. The van der Waals surface area contributed by atoms with Crippen LogP contribution in [-0.2, 0) is 49.9 Å². The van der Waals surface area contributed by atoms with Crippen LogP contribution in [0.15, 0.2) is 121 Å². The Bertz CT molecular complexity index is 1350. The van der Waals surface area contributed by atoms with Gasteiger partial charge in [-0.05, 0) is 22.3 Å². The lowest BCUT2D eigenvalue weighted by molar-refractivity contribution is -0.162. The topological polar surface area (TPSA) is 120 Å². The molecule has 0 aliphatic carbocycles. The number of ether oxygens (including phenoxy) is 3. The van der Waals surface area contributed by atoms with E-state index in [2.05, 4.69) is 10.6 Å². The first-order valence-corrected chi connectivity index (χ1v) is 13.7. The molecule has 4 rings (SSSR count). The van der Waals surface area contributed by atoms with Gasteiger partial charge in [-0.2, -0.15) is 0 Å². The molecule has 9 nitrogen and oxygen atoms in total. The fraction of sp³-hybridized carbons (Fsp3) is 0.176. The van der Waals surface area contributed by atoms with Crippen LogP contribution in [0.5, 0.6) is 0 Å². The van der Waals surface area contributed by atoms with Gasteiger partial charge in [0, 0.05) is 12.8 Å². The van der Waals surface area contributed by atoms with Crippen molar-refractivity contribution in [1.29, 1.82) is 0 Å². The molecule has 0 saturated carbocycles. The van der Waals surface area contributed by atoms with E-state index in [1.165, 1.54) is 0 Å². The van der Waals surface area contributed by atoms with Crippen molar-refractivity contribution in [3.05, 3.63) is 144 Å². The molecule has 9 heteroatoms. The van der Waals surface area contributed by atoms with Crippen LogP contribution in [0.1, 0.15) is 22.3 Å². The summed E-state index contributed by atoms with van der Waals surface area (Å²) in [4.78, 5) is 51.8. The SMILES string of the molecule is O=C(N[C@@H](Cc1ccccc1)C(=O)OC(=O)[C@H](Cc1ccccc1)NC(=O)OCc1ccccc1)OCc1ccccc1. The zero-order valence-corrected chi connectivity index (χ0v) is 23.4. The summed E-state index contributed by atoms with van der Waals surface area (Å²) in [5.41, 5.74) is 2.99. The third-order valence-electron chi connectivity index (χ3n) is 6.35. The quantitative estimate of drug-likeness (QED) is 0.135. The predicted octanol–water partition coefficient (Wildman–Crippen LogP) is 5.13. The van der Waals surface area contributed by atoms with Crippen molar-refractivity contribution in [2.24, 2.45) is 0 Å². The van der Waals surface area contributed by atoms with Gasteiger partial charge in [0.05, 0.1) is 0 Å². The Hall–Kier alpha value is -5.44. The highest BCUT2D eigenvalue weighted by atomic mass is 16.6. The van der Waals surface area contributed by atoms with Crippen LogP contribution in [0.2, 0.25) is 0 Å². The van der Waals surface area contributed by atoms with Gasteiger partial charge < -0.3 is 24.8 Å². The molecule has 0 aliphatic heterocycles. The summed E-state index contributed by atoms with van der Waals surface area (Å²) in [6.45, 7) is -0.0141. The minimum Gasteiger partial charge on any atom is -0.445 e. The van der Waals surface area contributed by atoms with Crippen molar-refractivity contribution < 1.29 is 33.4 Å². The van der Waals surface area contributed by atoms with Crippen LogP contribution in [0.4, 0.5) is 9.59 Å². The van der Waals surface area contributed by atoms with Crippen molar-refractivity contribution in [2.75, 3.05) is 0 Å². The number of carbonyl (C=O) groups excluding carboxylic acids is 4. The number of esters is 2. The van der Waals surface area contributed by atoms with E-state index in [1.54, 1.807) is 72.8 Å². The van der Waals surface area contributed by atoms with E-state index in [0.29, 0.717) is 0 Å². The number of nitrogens with one attached hydrogen (secondary N) is 2. The number of amides is 2. The summed E-state index contributed by atoms with van der Waals surface area (Å²) in [5, 5.41) is 5.02. The average Bonchev–Trinajstić information content (AvgIpc) is 3.04. The van der Waals surface area contributed by atoms with Gasteiger partial charge in [-0.15, -0.1) is 0 Å². The van der Waals surface area contributed by atoms with Gasteiger partial charge in [-0.3, -0.25) is 0 Å². The molecule has 2 amide bonds. The summed E-state index contributed by atoms with van der Waals surface area (Å²) in [7, 11) is 0. The third-order valence-corrected chi connectivity index (χ3v) is 6.35. The van der Waals surface area contributed by atoms with Crippen LogP contribution < -0.4 is 10.6 Å². The zero-order valence-electron chi connectivity index (χ0n) is 23.4. The lowest BCUT2D eigenvalue weighted by Crippen LogP contribution is -2.48. The van der Waals surface area contributed by atoms with Crippen LogP contribution in [0.25, 0.3) is 0 Å². The van der Waals surface area contributed by atoms with Crippen molar-refractivity contribution in [3.8, 4) is 0 Å². The molecule has 0 saturated heterocycles. The molecule has 0 unspecified atom stereocenters. The maximum Gasteiger partial charge on any atom is 0.408 e. The molecule has 0 aromatic heterocycles. The second-order valence-electron chi connectivity index (χ2n) is 9.64. The van der Waals surface area contributed by atoms with Gasteiger partial charge in [0.25, 0.3) is 0 Å². The molecule has 4 aromatic carbocycles. The highest BCUT2D eigenvalue weighted by Crippen LogP contribution is 2.10. The van der Waals surface area contributed by atoms with Crippen LogP contribution >= 0.6 is 0 Å². The fourth-order valence-electron chi connectivity index (χ4n) is 4.14. The maximum absolute atomic E-state index is 13.3. The van der Waals surface area contributed by atoms with E-state index < -0.39 is 36.2 Å². The van der Waals surface area contributed by atoms with Gasteiger partial charge in [0.15, 0.2) is 0 Å². The maximum atomic E-state index is 13.3. The van der Waals surface area contributed by atoms with Crippen LogP contribution in [-0.4, -0.2) is 36.2 Å². The molecule has 43 heavy (non-hydrogen) atoms. The summed E-state index contributed by atoms with van der Waals surface area (Å²) >= 11 is 0. The van der Waals surface area contributed by atoms with Crippen LogP contribution in [0.3, 0.4) is 0 Å². The molecule has 2 N–H and O–H groups in total. The van der Waals surface area contributed by atoms with Crippen molar-refractivity contribution in [2.45, 2.75) is 38.1 Å². The third kappa shape index (κ3) is 10.5. The van der Waals surface area contributed by atoms with Crippen molar-refractivity contribution in [3.63, 3.8) is 0 Å². The summed E-state index contributed by atoms with van der Waals surface area (Å²) in [6.07, 6.45) is -1.61. The van der Waals surface area contributed by atoms with Gasteiger partial charge in [0.2, 0.25) is 0 Å². The molecule has 0 aliphatic rings. The first kappa shape index (κ1) is 30.5. The molecule has 2 atom stereocenters. The molecule has 4 aromatic rings. The van der Waals surface area contributed by atoms with E-state index in [9.17, 15) is 19.2 Å². The highest BCUT2D eigenvalue weighted by molar-refractivity contribution is 5.93. The number of alkyl carbamates (subject to hydrolysis) is 2. The van der Waals surface area contributed by atoms with E-state index in [0.717, 1.165) is 22.3 Å². The Morgan fingerprint density at radius 2 is 0.767 bits per heavy atom. The smallest absolute Gasteiger partial charge is 0.408 e. The molecule has 0 bridgehead atoms. The highest BCUT2D eigenvalue weighted by Gasteiger charge is 2.30. The Morgan fingerprint density at radius 3 is 1.09 bits per heavy atom. The molecular formula is C34H32N2O7. The van der Waals surface area contributed by atoms with Crippen LogP contribution in [0, 0.1) is 0 Å². The fourth-order valence-corrected chi connectivity index (χ4v) is 4.14. The lowest BCUT2D eigenvalue weighted by Gasteiger charge is -2.20. The van der Waals surface area contributed by atoms with E-state index in [1.807, 2.05) is 48.5 Å². The molecule has 0 radical (unpaired) electrons. The largest absolute Gasteiger partial charge is 0.445 e. The summed E-state index contributed by atoms with van der Waals surface area (Å²) < 4.78 is 15.8. The minimum absolute atomic E-state index is 0.00707. The normalized spacial score (nSPS) is 11.8. The predicted molar refractivity (Wildman–Crippen MR) is 158 cm³/mol. The second kappa shape index (κ2) is 16.1. The first-order chi connectivity index (χ1) is 21.0. The summed E-state index contributed by atoms with van der Waals surface area (Å²) in [6, 6.07) is 33.6. The standard InChI is InChI=1S/C34H32N2O7/c37-31(29(21-25-13-5-1-6-14-25)35-33(39)41-23-27-17-9-3-10-18-27)43-32(38)30(22-26-15-7-2-8-16-26)36-34(40)42-24-28-19-11-4-12-20-28/h1-20,29-30H,21-24H2,(H,35,39)(H,36,40)/t29-,30-/m0/s1. The number of carbonyl (C=O) groups is 4. The van der Waals surface area contributed by atoms with E-state index in [-0.39, 0.29) is 26.1 Å². The number of benzene rings is 4. The van der Waals surface area contributed by atoms with E-state index >= 15 is 0 Å². The van der Waals surface area contributed by atoms with Gasteiger partial charge >= 0.3 is 24.1 Å². The number of hydrogen-bond donors (Lipinski definition) is 2. The Labute approximate surface area is 249 Å². The van der Waals surface area contributed by atoms with Gasteiger partial charge in [-0.25, -0.2) is 19.2 Å². The zero-order chi connectivity index (χ0) is 30.3. The Morgan fingerprint density at radius 1 is 0.465 bits per heavy atom. The van der Waals surface area contributed by atoms with Gasteiger partial charge in [0.1, 0.15) is 25.3 Å². The Kier molecular flexibility index (Phi) is 11.4. The molecule has 0 fully saturated rings. The molecular weight excluding hydrogens is 548 g/mol. The average molecular weight is 581 g/mol. The Balaban J connectivity index is 1.43. The van der Waals surface area contributed by atoms with Crippen molar-refractivity contribution >= 4 is 24.1 Å². The minimum atomic E-state index is -1.24. The molecule has 0 spiro atoms.